The number of rotatable bonds is 47. The third-order valence-corrected chi connectivity index (χ3v) is 11.5. The Morgan fingerprint density at radius 1 is 0.358 bits per heavy atom. The molecule has 3 heteroatoms. The number of carbonyl (C=O) groups excluding carboxylic acids is 1. The molecular formula is C50H98O3. The number of aliphatic hydroxyl groups excluding tert-OH is 1. The number of unbranched alkanes of at least 4 members (excludes halogenated alkanes) is 40. The summed E-state index contributed by atoms with van der Waals surface area (Å²) in [6, 6.07) is 0. The second-order valence-corrected chi connectivity index (χ2v) is 16.9. The Morgan fingerprint density at radius 2 is 0.623 bits per heavy atom. The van der Waals surface area contributed by atoms with Gasteiger partial charge in [0.2, 0.25) is 0 Å². The maximum absolute atomic E-state index is 12.0. The molecule has 0 aromatic carbocycles. The van der Waals surface area contributed by atoms with E-state index in [9.17, 15) is 4.79 Å². The number of hydrogen-bond acceptors (Lipinski definition) is 3. The highest BCUT2D eigenvalue weighted by atomic mass is 16.5. The van der Waals surface area contributed by atoms with Crippen LogP contribution in [-0.4, -0.2) is 24.3 Å². The van der Waals surface area contributed by atoms with Crippen LogP contribution in [-0.2, 0) is 9.53 Å². The predicted octanol–water partition coefficient (Wildman–Crippen LogP) is 17.3. The van der Waals surface area contributed by atoms with Gasteiger partial charge in [0.05, 0.1) is 6.61 Å². The number of allylic oxidation sites excluding steroid dienone is 2. The topological polar surface area (TPSA) is 46.5 Å². The van der Waals surface area contributed by atoms with Crippen molar-refractivity contribution >= 4 is 5.97 Å². The molecule has 0 saturated carbocycles. The van der Waals surface area contributed by atoms with Crippen molar-refractivity contribution < 1.29 is 14.6 Å². The van der Waals surface area contributed by atoms with E-state index >= 15 is 0 Å². The molecule has 0 aromatic rings. The van der Waals surface area contributed by atoms with E-state index in [2.05, 4.69) is 19.1 Å². The van der Waals surface area contributed by atoms with Crippen LogP contribution in [0, 0.1) is 0 Å². The van der Waals surface area contributed by atoms with E-state index in [0.717, 1.165) is 19.3 Å². The van der Waals surface area contributed by atoms with Gasteiger partial charge in [-0.25, -0.2) is 0 Å². The van der Waals surface area contributed by atoms with Crippen LogP contribution in [0.4, 0.5) is 0 Å². The molecule has 0 aliphatic heterocycles. The largest absolute Gasteiger partial charge is 0.466 e. The van der Waals surface area contributed by atoms with Crippen LogP contribution in [0.1, 0.15) is 289 Å². The molecule has 0 aromatic heterocycles. The van der Waals surface area contributed by atoms with Crippen LogP contribution in [0.25, 0.3) is 0 Å². The fraction of sp³-hybridized carbons (Fsp3) is 0.940. The van der Waals surface area contributed by atoms with Crippen LogP contribution >= 0.6 is 0 Å². The minimum absolute atomic E-state index is 0.0243. The van der Waals surface area contributed by atoms with E-state index in [1.807, 2.05) is 0 Å². The van der Waals surface area contributed by atoms with Crippen molar-refractivity contribution in [1.82, 2.24) is 0 Å². The third-order valence-electron chi connectivity index (χ3n) is 11.5. The molecule has 0 unspecified atom stereocenters. The van der Waals surface area contributed by atoms with Crippen molar-refractivity contribution in [3.8, 4) is 0 Å². The molecule has 0 aliphatic carbocycles. The highest BCUT2D eigenvalue weighted by molar-refractivity contribution is 5.69. The zero-order valence-electron chi connectivity index (χ0n) is 36.4. The van der Waals surface area contributed by atoms with Gasteiger partial charge in [0.1, 0.15) is 0 Å². The molecule has 0 rings (SSSR count). The summed E-state index contributed by atoms with van der Waals surface area (Å²) in [4.78, 5) is 12.0. The predicted molar refractivity (Wildman–Crippen MR) is 236 cm³/mol. The molecule has 0 radical (unpaired) electrons. The van der Waals surface area contributed by atoms with Gasteiger partial charge < -0.3 is 9.84 Å². The van der Waals surface area contributed by atoms with Gasteiger partial charge in [0, 0.05) is 13.0 Å². The van der Waals surface area contributed by atoms with Crippen LogP contribution in [0.5, 0.6) is 0 Å². The number of carbonyl (C=O) groups is 1. The maximum Gasteiger partial charge on any atom is 0.305 e. The summed E-state index contributed by atoms with van der Waals surface area (Å²) in [5, 5.41) is 8.81. The van der Waals surface area contributed by atoms with Crippen molar-refractivity contribution in [2.24, 2.45) is 0 Å². The summed E-state index contributed by atoms with van der Waals surface area (Å²) in [6.07, 6.45) is 63.5. The minimum Gasteiger partial charge on any atom is -0.466 e. The third kappa shape index (κ3) is 49.2. The van der Waals surface area contributed by atoms with E-state index in [1.54, 1.807) is 0 Å². The van der Waals surface area contributed by atoms with Gasteiger partial charge in [-0.15, -0.1) is 0 Å². The molecule has 3 nitrogen and oxygen atoms in total. The second-order valence-electron chi connectivity index (χ2n) is 16.9. The highest BCUT2D eigenvalue weighted by Crippen LogP contribution is 2.17. The number of hydrogen-bond donors (Lipinski definition) is 1. The van der Waals surface area contributed by atoms with Gasteiger partial charge in [-0.1, -0.05) is 250 Å². The Morgan fingerprint density at radius 3 is 0.943 bits per heavy atom. The Balaban J connectivity index is 3.15. The molecule has 0 spiro atoms. The van der Waals surface area contributed by atoms with Crippen LogP contribution in [0.2, 0.25) is 0 Å². The minimum atomic E-state index is 0.0243. The van der Waals surface area contributed by atoms with E-state index in [1.165, 1.54) is 257 Å². The molecule has 1 N–H and O–H groups in total. The van der Waals surface area contributed by atoms with Crippen molar-refractivity contribution in [2.45, 2.75) is 289 Å². The molecule has 0 bridgehead atoms. The van der Waals surface area contributed by atoms with E-state index in [-0.39, 0.29) is 5.97 Å². The fourth-order valence-electron chi connectivity index (χ4n) is 7.76. The first-order chi connectivity index (χ1) is 26.3. The van der Waals surface area contributed by atoms with Gasteiger partial charge >= 0.3 is 5.97 Å². The van der Waals surface area contributed by atoms with Gasteiger partial charge in [-0.2, -0.15) is 0 Å². The van der Waals surface area contributed by atoms with Crippen molar-refractivity contribution in [2.75, 3.05) is 13.2 Å². The van der Waals surface area contributed by atoms with Crippen LogP contribution < -0.4 is 0 Å². The summed E-state index contributed by atoms with van der Waals surface area (Å²) >= 11 is 0. The Bertz CT molecular complexity index is 688. The standard InChI is InChI=1S/C50H98O3/c1-2-3-4-5-6-7-8-9-10-23-26-29-32-35-38-41-44-47-50(52)53-49-46-43-40-37-34-31-28-25-22-20-18-16-14-12-11-13-15-17-19-21-24-27-30-33-36-39-42-45-48-51/h7-8,51H,2-6,9-49H2,1H3. The molecule has 0 amide bonds. The summed E-state index contributed by atoms with van der Waals surface area (Å²) < 4.78 is 5.48. The lowest BCUT2D eigenvalue weighted by Gasteiger charge is -2.06. The SMILES string of the molecule is CCCCCCC=CCCCCCCCCCCCC(=O)OCCCCCCCCCCCCCCCCCCCCCCCCCCCCCCO. The van der Waals surface area contributed by atoms with Crippen LogP contribution in [0.15, 0.2) is 12.2 Å². The Kier molecular flexibility index (Phi) is 48.4. The normalized spacial score (nSPS) is 11.7. The maximum atomic E-state index is 12.0. The lowest BCUT2D eigenvalue weighted by molar-refractivity contribution is -0.143. The van der Waals surface area contributed by atoms with Crippen molar-refractivity contribution in [3.05, 3.63) is 12.2 Å². The molecule has 0 fully saturated rings. The number of esters is 1. The Labute approximate surface area is 334 Å². The quantitative estimate of drug-likeness (QED) is 0.0383. The summed E-state index contributed by atoms with van der Waals surface area (Å²) in [5.74, 6) is 0.0243. The monoisotopic (exact) mass is 747 g/mol. The van der Waals surface area contributed by atoms with Crippen molar-refractivity contribution in [3.63, 3.8) is 0 Å². The first-order valence-corrected chi connectivity index (χ1v) is 24.7. The van der Waals surface area contributed by atoms with E-state index in [0.29, 0.717) is 19.6 Å². The van der Waals surface area contributed by atoms with E-state index < -0.39 is 0 Å². The lowest BCUT2D eigenvalue weighted by atomic mass is 10.0. The molecule has 0 aliphatic rings. The smallest absolute Gasteiger partial charge is 0.305 e. The first-order valence-electron chi connectivity index (χ1n) is 24.7. The summed E-state index contributed by atoms with van der Waals surface area (Å²) in [6.45, 7) is 3.27. The zero-order valence-corrected chi connectivity index (χ0v) is 36.4. The lowest BCUT2D eigenvalue weighted by Crippen LogP contribution is -2.05. The van der Waals surface area contributed by atoms with E-state index in [4.69, 9.17) is 9.84 Å². The second kappa shape index (κ2) is 49.2. The summed E-state index contributed by atoms with van der Waals surface area (Å²) in [5.41, 5.74) is 0. The first kappa shape index (κ1) is 52.2. The van der Waals surface area contributed by atoms with Crippen molar-refractivity contribution in [1.29, 1.82) is 0 Å². The summed E-state index contributed by atoms with van der Waals surface area (Å²) in [7, 11) is 0. The highest BCUT2D eigenvalue weighted by Gasteiger charge is 2.03. The molecule has 0 heterocycles. The molecule has 316 valence electrons. The van der Waals surface area contributed by atoms with Gasteiger partial charge in [-0.3, -0.25) is 4.79 Å². The Hall–Kier alpha value is -0.830. The zero-order chi connectivity index (χ0) is 38.2. The average molecular weight is 747 g/mol. The molecule has 53 heavy (non-hydrogen) atoms. The van der Waals surface area contributed by atoms with Gasteiger partial charge in [0.25, 0.3) is 0 Å². The van der Waals surface area contributed by atoms with Gasteiger partial charge in [0.15, 0.2) is 0 Å². The molecular weight excluding hydrogens is 649 g/mol. The number of ether oxygens (including phenoxy) is 1. The van der Waals surface area contributed by atoms with Gasteiger partial charge in [-0.05, 0) is 44.9 Å². The fourth-order valence-corrected chi connectivity index (χ4v) is 7.76. The van der Waals surface area contributed by atoms with Crippen LogP contribution in [0.3, 0.4) is 0 Å². The average Bonchev–Trinajstić information content (AvgIpc) is 3.16. The molecule has 0 saturated heterocycles. The molecule has 0 atom stereocenters. The number of aliphatic hydroxyl groups is 1.